The van der Waals surface area contributed by atoms with Gasteiger partial charge < -0.3 is 100 Å². The Kier molecular flexibility index (Phi) is 37.4. The molecular weight excluding hydrogens is 1070 g/mol. The van der Waals surface area contributed by atoms with E-state index in [0.29, 0.717) is 19.3 Å². The van der Waals surface area contributed by atoms with Gasteiger partial charge in [-0.05, 0) is 38.5 Å². The summed E-state index contributed by atoms with van der Waals surface area (Å²) in [6.45, 7) is 2.15. The van der Waals surface area contributed by atoms with Crippen molar-refractivity contribution in [1.29, 1.82) is 0 Å². The maximum Gasteiger partial charge on any atom is 0.364 e. The third-order valence-electron chi connectivity index (χ3n) is 16.0. The van der Waals surface area contributed by atoms with Crippen molar-refractivity contribution in [2.75, 3.05) is 26.4 Å². The number of aliphatic carboxylic acids is 1. The van der Waals surface area contributed by atoms with E-state index in [1.807, 2.05) is 0 Å². The summed E-state index contributed by atoms with van der Waals surface area (Å²) in [5.41, 5.74) is 0. The molecule has 0 bridgehead atoms. The zero-order valence-electron chi connectivity index (χ0n) is 49.3. The molecule has 3 heterocycles. The van der Waals surface area contributed by atoms with Gasteiger partial charge >= 0.3 is 5.97 Å². The molecule has 23 nitrogen and oxygen atoms in total. The normalized spacial score (nSPS) is 30.2. The number of hydrogen-bond acceptors (Lipinski definition) is 20. The largest absolute Gasteiger partial charge is 0.477 e. The van der Waals surface area contributed by atoms with Crippen LogP contribution in [-0.4, -0.2) is 215 Å². The number of nitrogens with one attached hydrogen (secondary N) is 2. The van der Waals surface area contributed by atoms with Crippen molar-refractivity contribution in [3.8, 4) is 0 Å². The lowest BCUT2D eigenvalue weighted by Gasteiger charge is -2.50. The number of carboxylic acids is 1. The van der Waals surface area contributed by atoms with Crippen LogP contribution in [0.4, 0.5) is 0 Å². The fourth-order valence-electron chi connectivity index (χ4n) is 10.9. The van der Waals surface area contributed by atoms with Gasteiger partial charge in [-0.3, -0.25) is 9.59 Å². The van der Waals surface area contributed by atoms with Crippen LogP contribution in [0.2, 0.25) is 0 Å². The monoisotopic (exact) mass is 1180 g/mol. The van der Waals surface area contributed by atoms with Crippen molar-refractivity contribution >= 4 is 17.8 Å². The number of aliphatic hydroxyl groups excluding tert-OH is 11. The number of hydrogen-bond donors (Lipinski definition) is 14. The standard InChI is InChI=1S/C59H108N2O21/c1-4-6-8-10-12-14-16-18-19-21-23-25-27-29-31-33-46(69)61-40(41(66)32-30-28-26-24-22-20-17-15-13-11-9-7-5-2)38-77-56-51(73)50(72)53(45(37-64)79-56)80-57-52(74)55(49(71)44(36-63)78-57)82-59(58(75)76)34-42(67)47(60-39(3)65)54(81-59)48(70)43(68)35-62/h14,16,40-45,47-57,62-64,66-68,70-74H,4-13,15,17-38H2,1-3H3,(H,60,65)(H,61,69)(H,75,76). The highest BCUT2D eigenvalue weighted by Crippen LogP contribution is 2.38. The molecule has 3 aliphatic rings. The molecule has 0 aromatic heterocycles. The number of aliphatic hydroxyl groups is 11. The molecule has 0 aromatic carbocycles. The smallest absolute Gasteiger partial charge is 0.364 e. The molecule has 0 radical (unpaired) electrons. The second-order valence-electron chi connectivity index (χ2n) is 22.9. The van der Waals surface area contributed by atoms with E-state index in [1.165, 1.54) is 77.0 Å². The number of amides is 2. The number of allylic oxidation sites excluding steroid dienone is 2. The Morgan fingerprint density at radius 1 is 0.622 bits per heavy atom. The Morgan fingerprint density at radius 3 is 1.66 bits per heavy atom. The first-order chi connectivity index (χ1) is 39.4. The Balaban J connectivity index is 1.66. The van der Waals surface area contributed by atoms with Gasteiger partial charge in [-0.15, -0.1) is 0 Å². The van der Waals surface area contributed by atoms with E-state index in [4.69, 9.17) is 28.4 Å². The molecule has 3 rings (SSSR count). The van der Waals surface area contributed by atoms with Crippen molar-refractivity contribution in [3.05, 3.63) is 12.2 Å². The SMILES string of the molecule is CCCCCCC=CCCCCCCCCCC(=O)NC(COC1OC(CO)C(OC2OC(CO)C(O)C(OC3(C(=O)O)CC(O)C(NC(C)=O)C(C(O)C(O)CO)O3)C2O)C(O)C1O)C(O)CCCCCCCCCCCCCCC. The Morgan fingerprint density at radius 2 is 1.13 bits per heavy atom. The van der Waals surface area contributed by atoms with Gasteiger partial charge in [0.05, 0.1) is 50.7 Å². The van der Waals surface area contributed by atoms with E-state index in [-0.39, 0.29) is 18.9 Å². The Labute approximate surface area is 486 Å². The maximum absolute atomic E-state index is 13.4. The predicted molar refractivity (Wildman–Crippen MR) is 301 cm³/mol. The summed E-state index contributed by atoms with van der Waals surface area (Å²) in [7, 11) is 0. The topological polar surface area (TPSA) is 373 Å². The van der Waals surface area contributed by atoms with Gasteiger partial charge in [-0.25, -0.2) is 4.79 Å². The van der Waals surface area contributed by atoms with Crippen LogP contribution in [-0.2, 0) is 42.8 Å². The van der Waals surface area contributed by atoms with Gasteiger partial charge in [0.2, 0.25) is 11.8 Å². The molecule has 0 saturated carbocycles. The molecule has 23 heteroatoms. The molecule has 0 spiro atoms. The third-order valence-corrected chi connectivity index (χ3v) is 16.0. The van der Waals surface area contributed by atoms with Crippen LogP contribution in [0.5, 0.6) is 0 Å². The summed E-state index contributed by atoms with van der Waals surface area (Å²) in [6.07, 6.45) is 5.19. The van der Waals surface area contributed by atoms with Crippen LogP contribution in [0.15, 0.2) is 12.2 Å². The average molecular weight is 1180 g/mol. The van der Waals surface area contributed by atoms with E-state index < -0.39 is 148 Å². The molecule has 18 atom stereocenters. The number of ether oxygens (including phenoxy) is 6. The van der Waals surface area contributed by atoms with Gasteiger partial charge in [0.1, 0.15) is 67.1 Å². The quantitative estimate of drug-likeness (QED) is 0.0307. The van der Waals surface area contributed by atoms with Crippen molar-refractivity contribution in [1.82, 2.24) is 10.6 Å². The fraction of sp³-hybridized carbons (Fsp3) is 0.915. The van der Waals surface area contributed by atoms with E-state index in [0.717, 1.165) is 84.0 Å². The summed E-state index contributed by atoms with van der Waals surface area (Å²) in [5.74, 6) is -6.11. The van der Waals surface area contributed by atoms with Crippen molar-refractivity contribution in [3.63, 3.8) is 0 Å². The molecule has 18 unspecified atom stereocenters. The zero-order valence-corrected chi connectivity index (χ0v) is 49.3. The van der Waals surface area contributed by atoms with Gasteiger partial charge in [0, 0.05) is 19.8 Å². The number of carbonyl (C=O) groups is 3. The highest BCUT2D eigenvalue weighted by molar-refractivity contribution is 5.77. The minimum atomic E-state index is -3.08. The summed E-state index contributed by atoms with van der Waals surface area (Å²) < 4.78 is 34.7. The third kappa shape index (κ3) is 25.4. The van der Waals surface area contributed by atoms with Gasteiger partial charge in [-0.1, -0.05) is 161 Å². The van der Waals surface area contributed by atoms with Crippen LogP contribution < -0.4 is 10.6 Å². The molecule has 480 valence electrons. The van der Waals surface area contributed by atoms with E-state index in [9.17, 15) is 75.7 Å². The van der Waals surface area contributed by atoms with Gasteiger partial charge in [0.15, 0.2) is 12.6 Å². The van der Waals surface area contributed by atoms with E-state index >= 15 is 0 Å². The fourth-order valence-corrected chi connectivity index (χ4v) is 10.9. The lowest BCUT2D eigenvalue weighted by Crippen LogP contribution is -2.70. The minimum absolute atomic E-state index is 0.219. The molecule has 0 aliphatic carbocycles. The maximum atomic E-state index is 13.4. The van der Waals surface area contributed by atoms with Crippen molar-refractivity contribution in [2.24, 2.45) is 0 Å². The number of unbranched alkanes of at least 4 members (excludes halogenated alkanes) is 23. The summed E-state index contributed by atoms with van der Waals surface area (Å²) in [4.78, 5) is 38.4. The van der Waals surface area contributed by atoms with E-state index in [2.05, 4.69) is 36.6 Å². The second kappa shape index (κ2) is 41.5. The molecule has 3 saturated heterocycles. The van der Waals surface area contributed by atoms with Crippen molar-refractivity contribution in [2.45, 2.75) is 317 Å². The van der Waals surface area contributed by atoms with Crippen LogP contribution in [0.25, 0.3) is 0 Å². The highest BCUT2D eigenvalue weighted by Gasteiger charge is 2.60. The Hall–Kier alpha value is -2.53. The van der Waals surface area contributed by atoms with Crippen LogP contribution in [0.3, 0.4) is 0 Å². The Bertz CT molecular complexity index is 1740. The first-order valence-corrected chi connectivity index (χ1v) is 31.0. The first-order valence-electron chi connectivity index (χ1n) is 31.0. The summed E-state index contributed by atoms with van der Waals surface area (Å²) >= 11 is 0. The molecule has 3 aliphatic heterocycles. The van der Waals surface area contributed by atoms with Crippen LogP contribution >= 0.6 is 0 Å². The molecule has 82 heavy (non-hydrogen) atoms. The number of carbonyl (C=O) groups excluding carboxylic acids is 2. The van der Waals surface area contributed by atoms with E-state index in [1.54, 1.807) is 0 Å². The van der Waals surface area contributed by atoms with Gasteiger partial charge in [-0.2, -0.15) is 0 Å². The minimum Gasteiger partial charge on any atom is -0.477 e. The molecular formula is C59H108N2O21. The number of carboxylic acid groups (broad SMARTS) is 1. The molecule has 3 fully saturated rings. The van der Waals surface area contributed by atoms with Gasteiger partial charge in [0.25, 0.3) is 5.79 Å². The number of rotatable bonds is 45. The molecule has 0 aromatic rings. The van der Waals surface area contributed by atoms with Crippen molar-refractivity contribution < 1.29 is 104 Å². The summed E-state index contributed by atoms with van der Waals surface area (Å²) in [5, 5.41) is 136. The highest BCUT2D eigenvalue weighted by atomic mass is 16.8. The first kappa shape index (κ1) is 73.7. The van der Waals surface area contributed by atoms with Crippen LogP contribution in [0.1, 0.15) is 207 Å². The lowest BCUT2D eigenvalue weighted by atomic mass is 9.88. The lowest BCUT2D eigenvalue weighted by molar-refractivity contribution is -0.386. The summed E-state index contributed by atoms with van der Waals surface area (Å²) in [6, 6.07) is -2.53. The molecule has 14 N–H and O–H groups in total. The van der Waals surface area contributed by atoms with Crippen LogP contribution in [0, 0.1) is 0 Å². The average Bonchev–Trinajstić information content (AvgIpc) is 3.03. The zero-order chi connectivity index (χ0) is 60.5. The second-order valence-corrected chi connectivity index (χ2v) is 22.9. The predicted octanol–water partition coefficient (Wildman–Crippen LogP) is 3.17. The molecule has 2 amide bonds.